The minimum atomic E-state index is -0.553. The van der Waals surface area contributed by atoms with Crippen molar-refractivity contribution in [3.8, 4) is 11.1 Å². The zero-order valence-corrected chi connectivity index (χ0v) is 8.79. The van der Waals surface area contributed by atoms with Gasteiger partial charge in [-0.05, 0) is 17.7 Å². The van der Waals surface area contributed by atoms with Gasteiger partial charge < -0.3 is 0 Å². The summed E-state index contributed by atoms with van der Waals surface area (Å²) in [6.45, 7) is 0. The van der Waals surface area contributed by atoms with Crippen LogP contribution in [-0.4, -0.2) is 11.2 Å². The highest BCUT2D eigenvalue weighted by molar-refractivity contribution is 5.89. The summed E-state index contributed by atoms with van der Waals surface area (Å²) in [5.74, 6) is 0. The molecule has 0 spiro atoms. The summed E-state index contributed by atoms with van der Waals surface area (Å²) in [5.41, 5.74) is 0.901. The maximum Gasteiger partial charge on any atom is 0.288 e. The van der Waals surface area contributed by atoms with Crippen LogP contribution in [0.4, 0.5) is 5.69 Å². The first-order valence-corrected chi connectivity index (χ1v) is 4.95. The minimum Gasteiger partial charge on any atom is -0.285 e. The predicted octanol–water partition coefficient (Wildman–Crippen LogP) is 2.72. The molecule has 0 saturated heterocycles. The number of rotatable bonds is 3. The second-order valence-electron chi connectivity index (χ2n) is 3.43. The molecule has 0 amide bonds. The van der Waals surface area contributed by atoms with Crippen molar-refractivity contribution in [1.82, 2.24) is 0 Å². The fraction of sp³-hybridized carbons (Fsp3) is 0. The van der Waals surface area contributed by atoms with E-state index in [1.807, 2.05) is 6.07 Å². The first-order valence-electron chi connectivity index (χ1n) is 4.95. The summed E-state index contributed by atoms with van der Waals surface area (Å²) in [4.78, 5) is 21.1. The van der Waals surface area contributed by atoms with Crippen LogP contribution in [0, 0.1) is 10.1 Å². The molecule has 0 atom stereocenters. The molecular formula is C13H8NO3. The lowest BCUT2D eigenvalue weighted by Crippen LogP contribution is -1.97. The second kappa shape index (κ2) is 4.57. The molecule has 17 heavy (non-hydrogen) atoms. The van der Waals surface area contributed by atoms with Crippen molar-refractivity contribution < 1.29 is 9.72 Å². The van der Waals surface area contributed by atoms with E-state index in [9.17, 15) is 14.9 Å². The standard InChI is InChI=1S/C13H8NO3/c15-9-11-7-4-8-12(13(11)14(16)17)10-5-2-1-3-6-10/h1-8H. The normalized spacial score (nSPS) is 9.88. The lowest BCUT2D eigenvalue weighted by Gasteiger charge is -2.04. The van der Waals surface area contributed by atoms with Crippen LogP contribution in [0.1, 0.15) is 5.56 Å². The average Bonchev–Trinajstić information content (AvgIpc) is 2.38. The molecule has 0 bridgehead atoms. The maximum absolute atomic E-state index is 11.0. The van der Waals surface area contributed by atoms with Crippen LogP contribution in [0.15, 0.2) is 48.5 Å². The Labute approximate surface area is 97.7 Å². The van der Waals surface area contributed by atoms with Crippen molar-refractivity contribution >= 4 is 12.0 Å². The number of nitrogens with zero attached hydrogens (tertiary/aromatic N) is 1. The van der Waals surface area contributed by atoms with Crippen LogP contribution in [-0.2, 0) is 4.79 Å². The zero-order chi connectivity index (χ0) is 12.3. The molecule has 0 fully saturated rings. The third-order valence-corrected chi connectivity index (χ3v) is 2.41. The Morgan fingerprint density at radius 1 is 1.00 bits per heavy atom. The van der Waals surface area contributed by atoms with E-state index < -0.39 is 4.92 Å². The van der Waals surface area contributed by atoms with E-state index in [1.54, 1.807) is 42.7 Å². The largest absolute Gasteiger partial charge is 0.288 e. The van der Waals surface area contributed by atoms with E-state index in [1.165, 1.54) is 6.07 Å². The van der Waals surface area contributed by atoms with Gasteiger partial charge in [0.05, 0.1) is 10.5 Å². The Hall–Kier alpha value is -2.49. The number of benzene rings is 2. The van der Waals surface area contributed by atoms with Gasteiger partial charge in [-0.1, -0.05) is 36.4 Å². The average molecular weight is 226 g/mol. The molecule has 0 unspecified atom stereocenters. The number of carbonyl (C=O) groups excluding carboxylic acids is 1. The molecule has 0 aromatic heterocycles. The zero-order valence-electron chi connectivity index (χ0n) is 8.79. The van der Waals surface area contributed by atoms with Gasteiger partial charge in [0.2, 0.25) is 6.29 Å². The van der Waals surface area contributed by atoms with E-state index in [0.29, 0.717) is 11.1 Å². The highest BCUT2D eigenvalue weighted by Crippen LogP contribution is 2.31. The number of para-hydroxylation sites is 1. The van der Waals surface area contributed by atoms with Crippen LogP contribution >= 0.6 is 0 Å². The molecule has 1 radical (unpaired) electrons. The Bertz CT molecular complexity index is 564. The lowest BCUT2D eigenvalue weighted by atomic mass is 10.0. The SMILES string of the molecule is O=[C]c1cccc(-c2ccccc2)c1[N+](=O)[O-]. The lowest BCUT2D eigenvalue weighted by molar-refractivity contribution is -0.384. The summed E-state index contributed by atoms with van der Waals surface area (Å²) in [7, 11) is 0. The number of hydrogen-bond acceptors (Lipinski definition) is 3. The number of nitro groups is 1. The van der Waals surface area contributed by atoms with Gasteiger partial charge in [-0.3, -0.25) is 14.9 Å². The Morgan fingerprint density at radius 2 is 1.71 bits per heavy atom. The molecule has 83 valence electrons. The Kier molecular flexibility index (Phi) is 2.96. The van der Waals surface area contributed by atoms with Gasteiger partial charge >= 0.3 is 0 Å². The summed E-state index contributed by atoms with van der Waals surface area (Å²) in [6, 6.07) is 13.5. The van der Waals surface area contributed by atoms with Crippen molar-refractivity contribution in [3.63, 3.8) is 0 Å². The first kappa shape index (κ1) is 11.0. The van der Waals surface area contributed by atoms with Crippen molar-refractivity contribution in [2.75, 3.05) is 0 Å². The summed E-state index contributed by atoms with van der Waals surface area (Å²) in [6.07, 6.45) is 1.60. The third kappa shape index (κ3) is 2.06. The van der Waals surface area contributed by atoms with Crippen molar-refractivity contribution in [2.24, 2.45) is 0 Å². The highest BCUT2D eigenvalue weighted by Gasteiger charge is 2.20. The van der Waals surface area contributed by atoms with Crippen LogP contribution in [0.5, 0.6) is 0 Å². The van der Waals surface area contributed by atoms with E-state index in [0.717, 1.165) is 0 Å². The monoisotopic (exact) mass is 226 g/mol. The van der Waals surface area contributed by atoms with Gasteiger partial charge in [0.15, 0.2) is 0 Å². The van der Waals surface area contributed by atoms with Crippen LogP contribution in [0.25, 0.3) is 11.1 Å². The smallest absolute Gasteiger partial charge is 0.285 e. The van der Waals surface area contributed by atoms with Gasteiger partial charge in [0.1, 0.15) is 5.56 Å². The number of hydrogen-bond donors (Lipinski definition) is 0. The summed E-state index contributed by atoms with van der Waals surface area (Å²) in [5, 5.41) is 11.0. The minimum absolute atomic E-state index is 0.0312. The van der Waals surface area contributed by atoms with E-state index in [-0.39, 0.29) is 11.3 Å². The quantitative estimate of drug-likeness (QED) is 0.597. The number of nitro benzene ring substituents is 1. The molecule has 0 N–H and O–H groups in total. The topological polar surface area (TPSA) is 60.2 Å². The van der Waals surface area contributed by atoms with E-state index in [2.05, 4.69) is 0 Å². The molecule has 0 aliphatic carbocycles. The first-order chi connectivity index (χ1) is 8.24. The van der Waals surface area contributed by atoms with Crippen molar-refractivity contribution in [3.05, 3.63) is 64.2 Å². The molecular weight excluding hydrogens is 218 g/mol. The van der Waals surface area contributed by atoms with E-state index >= 15 is 0 Å². The predicted molar refractivity (Wildman–Crippen MR) is 63.3 cm³/mol. The van der Waals surface area contributed by atoms with Gasteiger partial charge in [-0.2, -0.15) is 0 Å². The fourth-order valence-electron chi connectivity index (χ4n) is 1.67. The van der Waals surface area contributed by atoms with Gasteiger partial charge in [0, 0.05) is 0 Å². The molecule has 0 aliphatic heterocycles. The third-order valence-electron chi connectivity index (χ3n) is 2.41. The van der Waals surface area contributed by atoms with Crippen LogP contribution < -0.4 is 0 Å². The highest BCUT2D eigenvalue weighted by atomic mass is 16.6. The molecule has 2 rings (SSSR count). The molecule has 0 heterocycles. The molecule has 0 saturated carbocycles. The van der Waals surface area contributed by atoms with Crippen LogP contribution in [0.3, 0.4) is 0 Å². The molecule has 4 heteroatoms. The second-order valence-corrected chi connectivity index (χ2v) is 3.43. The van der Waals surface area contributed by atoms with E-state index in [4.69, 9.17) is 0 Å². The molecule has 2 aromatic rings. The maximum atomic E-state index is 11.0. The Balaban J connectivity index is 2.70. The van der Waals surface area contributed by atoms with Crippen molar-refractivity contribution in [1.29, 1.82) is 0 Å². The van der Waals surface area contributed by atoms with Crippen molar-refractivity contribution in [2.45, 2.75) is 0 Å². The van der Waals surface area contributed by atoms with Gasteiger partial charge in [0.25, 0.3) is 5.69 Å². The van der Waals surface area contributed by atoms with Gasteiger partial charge in [-0.15, -0.1) is 0 Å². The summed E-state index contributed by atoms with van der Waals surface area (Å²) >= 11 is 0. The van der Waals surface area contributed by atoms with Gasteiger partial charge in [-0.25, -0.2) is 0 Å². The Morgan fingerprint density at radius 3 is 2.29 bits per heavy atom. The fourth-order valence-corrected chi connectivity index (χ4v) is 1.67. The summed E-state index contributed by atoms with van der Waals surface area (Å²) < 4.78 is 0. The molecule has 4 nitrogen and oxygen atoms in total. The molecule has 0 aliphatic rings. The molecule has 2 aromatic carbocycles. The van der Waals surface area contributed by atoms with Crippen LogP contribution in [0.2, 0.25) is 0 Å².